The maximum Gasteiger partial charge on any atom is 0.338 e. The first-order chi connectivity index (χ1) is 12.2. The molecule has 25 heavy (non-hydrogen) atoms. The minimum Gasteiger partial charge on any atom is -0.457 e. The summed E-state index contributed by atoms with van der Waals surface area (Å²) >= 11 is 0. The smallest absolute Gasteiger partial charge is 0.338 e. The second-order valence-electron chi connectivity index (χ2n) is 5.28. The SMILES string of the molecule is N#Cc1ccc(COC(=O)c2ccc(-c3ccc(C=O)o3)cc2)cc1. The van der Waals surface area contributed by atoms with Gasteiger partial charge in [0, 0.05) is 5.56 Å². The molecule has 0 aliphatic carbocycles. The van der Waals surface area contributed by atoms with Crippen LogP contribution in [-0.2, 0) is 11.3 Å². The fourth-order valence-electron chi connectivity index (χ4n) is 2.25. The standard InChI is InChI=1S/C20H13NO4/c21-11-14-1-3-15(4-2-14)13-24-20(23)17-7-5-16(6-8-17)19-10-9-18(12-22)25-19/h1-10,12H,13H2. The highest BCUT2D eigenvalue weighted by atomic mass is 16.5. The Morgan fingerprint density at radius 1 is 1.04 bits per heavy atom. The van der Waals surface area contributed by atoms with E-state index < -0.39 is 5.97 Å². The van der Waals surface area contributed by atoms with Crippen molar-refractivity contribution in [2.24, 2.45) is 0 Å². The molecule has 0 unspecified atom stereocenters. The molecular weight excluding hydrogens is 318 g/mol. The lowest BCUT2D eigenvalue weighted by Crippen LogP contribution is -2.05. The van der Waals surface area contributed by atoms with E-state index in [1.807, 2.05) is 6.07 Å². The lowest BCUT2D eigenvalue weighted by atomic mass is 10.1. The first-order valence-corrected chi connectivity index (χ1v) is 7.51. The molecule has 0 bridgehead atoms. The summed E-state index contributed by atoms with van der Waals surface area (Å²) < 4.78 is 10.6. The lowest BCUT2D eigenvalue weighted by Gasteiger charge is -2.06. The van der Waals surface area contributed by atoms with Crippen molar-refractivity contribution in [3.8, 4) is 17.4 Å². The van der Waals surface area contributed by atoms with E-state index in [2.05, 4.69) is 0 Å². The minimum absolute atomic E-state index is 0.132. The highest BCUT2D eigenvalue weighted by molar-refractivity contribution is 5.90. The molecule has 0 aliphatic heterocycles. The van der Waals surface area contributed by atoms with Gasteiger partial charge in [0.15, 0.2) is 12.0 Å². The summed E-state index contributed by atoms with van der Waals surface area (Å²) in [5.41, 5.74) is 2.54. The molecule has 0 saturated heterocycles. The topological polar surface area (TPSA) is 80.3 Å². The molecule has 0 N–H and O–H groups in total. The summed E-state index contributed by atoms with van der Waals surface area (Å²) in [5, 5.41) is 8.76. The Kier molecular flexibility index (Phi) is 4.72. The van der Waals surface area contributed by atoms with Gasteiger partial charge in [-0.1, -0.05) is 24.3 Å². The van der Waals surface area contributed by atoms with Gasteiger partial charge in [0.2, 0.25) is 0 Å². The van der Waals surface area contributed by atoms with Crippen molar-refractivity contribution in [3.05, 3.63) is 83.1 Å². The van der Waals surface area contributed by atoms with Crippen LogP contribution in [0.25, 0.3) is 11.3 Å². The Labute approximate surface area is 144 Å². The average Bonchev–Trinajstić information content (AvgIpc) is 3.16. The largest absolute Gasteiger partial charge is 0.457 e. The highest BCUT2D eigenvalue weighted by Crippen LogP contribution is 2.22. The molecule has 1 heterocycles. The molecule has 0 saturated carbocycles. The third kappa shape index (κ3) is 3.82. The van der Waals surface area contributed by atoms with Crippen LogP contribution in [0.3, 0.4) is 0 Å². The van der Waals surface area contributed by atoms with Crippen LogP contribution in [0, 0.1) is 11.3 Å². The third-order valence-corrected chi connectivity index (χ3v) is 3.60. The predicted molar refractivity (Wildman–Crippen MR) is 89.8 cm³/mol. The summed E-state index contributed by atoms with van der Waals surface area (Å²) in [5.74, 6) is 0.365. The molecule has 1 aromatic heterocycles. The fourth-order valence-corrected chi connectivity index (χ4v) is 2.25. The van der Waals surface area contributed by atoms with Crippen molar-refractivity contribution >= 4 is 12.3 Å². The van der Waals surface area contributed by atoms with E-state index in [4.69, 9.17) is 14.4 Å². The molecule has 0 amide bonds. The number of hydrogen-bond acceptors (Lipinski definition) is 5. The summed E-state index contributed by atoms with van der Waals surface area (Å²) in [6.07, 6.45) is 0.637. The third-order valence-electron chi connectivity index (χ3n) is 3.60. The number of hydrogen-bond donors (Lipinski definition) is 0. The van der Waals surface area contributed by atoms with Crippen LogP contribution < -0.4 is 0 Å². The first kappa shape index (κ1) is 16.2. The number of carbonyl (C=O) groups is 2. The second-order valence-corrected chi connectivity index (χ2v) is 5.28. The molecule has 3 aromatic rings. The van der Waals surface area contributed by atoms with Crippen LogP contribution in [0.1, 0.15) is 32.0 Å². The van der Waals surface area contributed by atoms with Crippen LogP contribution in [0.4, 0.5) is 0 Å². The van der Waals surface area contributed by atoms with Gasteiger partial charge < -0.3 is 9.15 Å². The van der Waals surface area contributed by atoms with Gasteiger partial charge >= 0.3 is 5.97 Å². The molecule has 0 fully saturated rings. The zero-order valence-corrected chi connectivity index (χ0v) is 13.1. The van der Waals surface area contributed by atoms with Gasteiger partial charge in [-0.3, -0.25) is 4.79 Å². The average molecular weight is 331 g/mol. The highest BCUT2D eigenvalue weighted by Gasteiger charge is 2.09. The predicted octanol–water partition coefficient (Wildman–Crippen LogP) is 3.99. The Hall–Kier alpha value is -3.65. The molecule has 0 radical (unpaired) electrons. The zero-order valence-electron chi connectivity index (χ0n) is 13.1. The van der Waals surface area contributed by atoms with Gasteiger partial charge in [0.1, 0.15) is 12.4 Å². The van der Waals surface area contributed by atoms with Crippen molar-refractivity contribution in [3.63, 3.8) is 0 Å². The first-order valence-electron chi connectivity index (χ1n) is 7.51. The summed E-state index contributed by atoms with van der Waals surface area (Å²) in [4.78, 5) is 22.7. The summed E-state index contributed by atoms with van der Waals surface area (Å²) in [7, 11) is 0. The molecule has 5 nitrogen and oxygen atoms in total. The second kappa shape index (κ2) is 7.28. The van der Waals surface area contributed by atoms with Crippen molar-refractivity contribution in [2.75, 3.05) is 0 Å². The van der Waals surface area contributed by atoms with Crippen LogP contribution in [-0.4, -0.2) is 12.3 Å². The number of carbonyl (C=O) groups excluding carboxylic acids is 2. The molecule has 2 aromatic carbocycles. The number of aldehydes is 1. The normalized spacial score (nSPS) is 10.0. The Morgan fingerprint density at radius 3 is 2.36 bits per heavy atom. The van der Waals surface area contributed by atoms with Gasteiger partial charge in [-0.05, 0) is 42.0 Å². The molecule has 3 rings (SSSR count). The van der Waals surface area contributed by atoms with E-state index in [0.29, 0.717) is 23.2 Å². The lowest BCUT2D eigenvalue weighted by molar-refractivity contribution is 0.0472. The molecular formula is C20H13NO4. The van der Waals surface area contributed by atoms with Crippen LogP contribution in [0.2, 0.25) is 0 Å². The van der Waals surface area contributed by atoms with E-state index >= 15 is 0 Å². The van der Waals surface area contributed by atoms with E-state index in [9.17, 15) is 9.59 Å². The van der Waals surface area contributed by atoms with Gasteiger partial charge in [-0.25, -0.2) is 4.79 Å². The van der Waals surface area contributed by atoms with Crippen LogP contribution in [0.5, 0.6) is 0 Å². The van der Waals surface area contributed by atoms with Crippen LogP contribution in [0.15, 0.2) is 65.1 Å². The Bertz CT molecular complexity index is 931. The molecule has 0 aliphatic rings. The monoisotopic (exact) mass is 331 g/mol. The maximum atomic E-state index is 12.1. The summed E-state index contributed by atoms with van der Waals surface area (Å²) in [6, 6.07) is 18.9. The number of nitriles is 1. The Balaban J connectivity index is 1.64. The fraction of sp³-hybridized carbons (Fsp3) is 0.0500. The van der Waals surface area contributed by atoms with E-state index in [-0.39, 0.29) is 12.4 Å². The number of ether oxygens (including phenoxy) is 1. The number of furan rings is 1. The van der Waals surface area contributed by atoms with Crippen LogP contribution >= 0.6 is 0 Å². The number of benzene rings is 2. The van der Waals surface area contributed by atoms with Gasteiger partial charge in [0.05, 0.1) is 17.2 Å². The zero-order chi connectivity index (χ0) is 17.6. The quantitative estimate of drug-likeness (QED) is 0.521. The van der Waals surface area contributed by atoms with Crippen molar-refractivity contribution in [2.45, 2.75) is 6.61 Å². The van der Waals surface area contributed by atoms with Crippen molar-refractivity contribution in [1.82, 2.24) is 0 Å². The molecule has 5 heteroatoms. The number of nitrogens with zero attached hydrogens (tertiary/aromatic N) is 1. The maximum absolute atomic E-state index is 12.1. The van der Waals surface area contributed by atoms with E-state index in [1.54, 1.807) is 60.7 Å². The van der Waals surface area contributed by atoms with Gasteiger partial charge in [-0.2, -0.15) is 5.26 Å². The molecule has 122 valence electrons. The van der Waals surface area contributed by atoms with Crippen molar-refractivity contribution in [1.29, 1.82) is 5.26 Å². The summed E-state index contributed by atoms with van der Waals surface area (Å²) in [6.45, 7) is 0.132. The van der Waals surface area contributed by atoms with E-state index in [0.717, 1.165) is 11.1 Å². The number of esters is 1. The minimum atomic E-state index is -0.441. The molecule has 0 spiro atoms. The number of rotatable bonds is 5. The van der Waals surface area contributed by atoms with Gasteiger partial charge in [0.25, 0.3) is 0 Å². The van der Waals surface area contributed by atoms with Crippen molar-refractivity contribution < 1.29 is 18.7 Å². The Morgan fingerprint density at radius 2 is 1.76 bits per heavy atom. The van der Waals surface area contributed by atoms with Gasteiger partial charge in [-0.15, -0.1) is 0 Å². The molecule has 0 atom stereocenters. The van der Waals surface area contributed by atoms with E-state index in [1.165, 1.54) is 0 Å².